The zero-order chi connectivity index (χ0) is 14.2. The van der Waals surface area contributed by atoms with Gasteiger partial charge in [-0.05, 0) is 51.0 Å². The lowest BCUT2D eigenvalue weighted by Gasteiger charge is -2.11. The van der Waals surface area contributed by atoms with Gasteiger partial charge in [0.1, 0.15) is 4.90 Å². The molecule has 0 aliphatic carbocycles. The van der Waals surface area contributed by atoms with Crippen LogP contribution < -0.4 is 4.72 Å². The fourth-order valence-corrected chi connectivity index (χ4v) is 4.60. The molecule has 0 amide bonds. The van der Waals surface area contributed by atoms with Crippen LogP contribution in [0.5, 0.6) is 0 Å². The molecule has 1 aromatic carbocycles. The molecule has 0 fully saturated rings. The Kier molecular flexibility index (Phi) is 3.69. The molecule has 0 unspecified atom stereocenters. The van der Waals surface area contributed by atoms with Gasteiger partial charge in [0.2, 0.25) is 0 Å². The van der Waals surface area contributed by atoms with Gasteiger partial charge in [0, 0.05) is 9.75 Å². The molecule has 2 aromatic rings. The van der Waals surface area contributed by atoms with Gasteiger partial charge in [0.15, 0.2) is 0 Å². The maximum Gasteiger partial charge on any atom is 0.263 e. The van der Waals surface area contributed by atoms with E-state index in [1.54, 1.807) is 6.07 Å². The molecule has 2 rings (SSSR count). The number of rotatable bonds is 3. The maximum absolute atomic E-state index is 12.4. The smallest absolute Gasteiger partial charge is 0.263 e. The summed E-state index contributed by atoms with van der Waals surface area (Å²) < 4.78 is 27.5. The number of nitrogens with one attached hydrogen (secondary N) is 1. The number of hydrogen-bond donors (Lipinski definition) is 1. The topological polar surface area (TPSA) is 46.2 Å². The van der Waals surface area contributed by atoms with Gasteiger partial charge < -0.3 is 0 Å². The molecule has 1 N–H and O–H groups in total. The average Bonchev–Trinajstić information content (AvgIpc) is 2.63. The monoisotopic (exact) mass is 295 g/mol. The van der Waals surface area contributed by atoms with Crippen LogP contribution in [0.25, 0.3) is 0 Å². The van der Waals surface area contributed by atoms with Crippen molar-refractivity contribution in [3.8, 4) is 0 Å². The average molecular weight is 295 g/mol. The normalized spacial score (nSPS) is 11.6. The Morgan fingerprint density at radius 2 is 1.74 bits per heavy atom. The molecular weight excluding hydrogens is 278 g/mol. The summed E-state index contributed by atoms with van der Waals surface area (Å²) in [7, 11) is -3.50. The van der Waals surface area contributed by atoms with Gasteiger partial charge in [-0.25, -0.2) is 8.42 Å². The van der Waals surface area contributed by atoms with Gasteiger partial charge in [-0.2, -0.15) is 0 Å². The minimum absolute atomic E-state index is 0.371. The molecule has 0 saturated carbocycles. The fourth-order valence-electron chi connectivity index (χ4n) is 1.92. The van der Waals surface area contributed by atoms with Crippen molar-refractivity contribution in [3.05, 3.63) is 45.1 Å². The molecule has 0 aliphatic rings. The third-order valence-electron chi connectivity index (χ3n) is 2.92. The molecule has 1 aromatic heterocycles. The van der Waals surface area contributed by atoms with Crippen molar-refractivity contribution in [2.24, 2.45) is 0 Å². The number of sulfonamides is 1. The van der Waals surface area contributed by atoms with Crippen molar-refractivity contribution in [2.45, 2.75) is 32.6 Å². The Bertz CT molecular complexity index is 715. The van der Waals surface area contributed by atoms with E-state index in [0.717, 1.165) is 20.9 Å². The standard InChI is InChI=1S/C14H17NO2S2/c1-9-5-6-10(2)13(7-9)15-19(16,17)14-8-11(3)18-12(14)4/h5-8,15H,1-4H3. The molecule has 1 heterocycles. The van der Waals surface area contributed by atoms with Crippen molar-refractivity contribution < 1.29 is 8.42 Å². The lowest BCUT2D eigenvalue weighted by molar-refractivity contribution is 0.601. The van der Waals surface area contributed by atoms with Crippen LogP contribution in [-0.4, -0.2) is 8.42 Å². The van der Waals surface area contributed by atoms with E-state index in [1.807, 2.05) is 45.9 Å². The van der Waals surface area contributed by atoms with Crippen molar-refractivity contribution >= 4 is 27.0 Å². The lowest BCUT2D eigenvalue weighted by Crippen LogP contribution is -2.14. The minimum atomic E-state index is -3.50. The summed E-state index contributed by atoms with van der Waals surface area (Å²) in [5, 5.41) is 0. The van der Waals surface area contributed by atoms with Crippen LogP contribution in [0.15, 0.2) is 29.2 Å². The molecule has 0 aliphatic heterocycles. The first-order chi connectivity index (χ1) is 8.79. The molecular formula is C14H17NO2S2. The lowest BCUT2D eigenvalue weighted by atomic mass is 10.1. The summed E-state index contributed by atoms with van der Waals surface area (Å²) in [6.07, 6.45) is 0. The predicted molar refractivity (Wildman–Crippen MR) is 80.5 cm³/mol. The van der Waals surface area contributed by atoms with Crippen molar-refractivity contribution in [1.82, 2.24) is 0 Å². The first-order valence-corrected chi connectivity index (χ1v) is 8.26. The second-order valence-electron chi connectivity index (χ2n) is 4.70. The van der Waals surface area contributed by atoms with Crippen LogP contribution in [0.2, 0.25) is 0 Å². The highest BCUT2D eigenvalue weighted by Crippen LogP contribution is 2.27. The van der Waals surface area contributed by atoms with Crippen LogP contribution in [0, 0.1) is 27.7 Å². The van der Waals surface area contributed by atoms with Crippen LogP contribution in [-0.2, 0) is 10.0 Å². The van der Waals surface area contributed by atoms with Gasteiger partial charge in [-0.1, -0.05) is 12.1 Å². The molecule has 0 spiro atoms. The Hall–Kier alpha value is -1.33. The summed E-state index contributed by atoms with van der Waals surface area (Å²) >= 11 is 1.49. The van der Waals surface area contributed by atoms with E-state index in [4.69, 9.17) is 0 Å². The molecule has 3 nitrogen and oxygen atoms in total. The van der Waals surface area contributed by atoms with E-state index < -0.39 is 10.0 Å². The fraction of sp³-hybridized carbons (Fsp3) is 0.286. The number of benzene rings is 1. The Morgan fingerprint density at radius 3 is 2.32 bits per heavy atom. The van der Waals surface area contributed by atoms with Crippen LogP contribution >= 0.6 is 11.3 Å². The van der Waals surface area contributed by atoms with Gasteiger partial charge in [0.25, 0.3) is 10.0 Å². The van der Waals surface area contributed by atoms with E-state index in [2.05, 4.69) is 4.72 Å². The van der Waals surface area contributed by atoms with Gasteiger partial charge in [-0.3, -0.25) is 4.72 Å². The second-order valence-corrected chi connectivity index (χ2v) is 7.81. The minimum Gasteiger partial charge on any atom is -0.279 e. The third-order valence-corrected chi connectivity index (χ3v) is 5.51. The van der Waals surface area contributed by atoms with Gasteiger partial charge in [-0.15, -0.1) is 11.3 Å². The molecule has 5 heteroatoms. The summed E-state index contributed by atoms with van der Waals surface area (Å²) in [6.45, 7) is 7.57. The van der Waals surface area contributed by atoms with E-state index in [1.165, 1.54) is 11.3 Å². The number of hydrogen-bond acceptors (Lipinski definition) is 3. The zero-order valence-electron chi connectivity index (χ0n) is 11.4. The molecule has 0 atom stereocenters. The summed E-state index contributed by atoms with van der Waals surface area (Å²) in [4.78, 5) is 2.19. The van der Waals surface area contributed by atoms with E-state index in [0.29, 0.717) is 10.6 Å². The molecule has 102 valence electrons. The van der Waals surface area contributed by atoms with Crippen LogP contribution in [0.4, 0.5) is 5.69 Å². The van der Waals surface area contributed by atoms with Crippen molar-refractivity contribution in [2.75, 3.05) is 4.72 Å². The van der Waals surface area contributed by atoms with Gasteiger partial charge in [0.05, 0.1) is 5.69 Å². The zero-order valence-corrected chi connectivity index (χ0v) is 13.1. The summed E-state index contributed by atoms with van der Waals surface area (Å²) in [6, 6.07) is 7.45. The highest BCUT2D eigenvalue weighted by molar-refractivity contribution is 7.93. The number of thiophene rings is 1. The molecule has 19 heavy (non-hydrogen) atoms. The Balaban J connectivity index is 2.42. The third kappa shape index (κ3) is 2.98. The number of anilines is 1. The summed E-state index contributed by atoms with van der Waals surface area (Å²) in [5.41, 5.74) is 2.59. The van der Waals surface area contributed by atoms with Crippen molar-refractivity contribution in [1.29, 1.82) is 0 Å². The van der Waals surface area contributed by atoms with Gasteiger partial charge >= 0.3 is 0 Å². The highest BCUT2D eigenvalue weighted by atomic mass is 32.2. The quantitative estimate of drug-likeness (QED) is 0.936. The Morgan fingerprint density at radius 1 is 1.05 bits per heavy atom. The molecule has 0 saturated heterocycles. The molecule has 0 radical (unpaired) electrons. The first-order valence-electron chi connectivity index (χ1n) is 5.97. The van der Waals surface area contributed by atoms with Crippen molar-refractivity contribution in [3.63, 3.8) is 0 Å². The van der Waals surface area contributed by atoms with Crippen LogP contribution in [0.3, 0.4) is 0 Å². The summed E-state index contributed by atoms with van der Waals surface area (Å²) in [5.74, 6) is 0. The van der Waals surface area contributed by atoms with E-state index in [-0.39, 0.29) is 0 Å². The van der Waals surface area contributed by atoms with E-state index in [9.17, 15) is 8.42 Å². The molecule has 0 bridgehead atoms. The highest BCUT2D eigenvalue weighted by Gasteiger charge is 2.19. The second kappa shape index (κ2) is 4.98. The predicted octanol–water partition coefficient (Wildman–Crippen LogP) is 3.78. The number of aryl methyl sites for hydroxylation is 4. The first kappa shape index (κ1) is 14.1. The largest absolute Gasteiger partial charge is 0.279 e. The van der Waals surface area contributed by atoms with E-state index >= 15 is 0 Å². The maximum atomic E-state index is 12.4. The SMILES string of the molecule is Cc1ccc(C)c(NS(=O)(=O)c2cc(C)sc2C)c1. The van der Waals surface area contributed by atoms with Crippen LogP contribution in [0.1, 0.15) is 20.9 Å². The Labute approximate surface area is 118 Å².